The average Bonchev–Trinajstić information content (AvgIpc) is 2.53. The summed E-state index contributed by atoms with van der Waals surface area (Å²) in [5.74, 6) is 1.47. The molecule has 0 aliphatic rings. The number of hydrogen-bond acceptors (Lipinski definition) is 3. The van der Waals surface area contributed by atoms with Gasteiger partial charge in [0.05, 0.1) is 7.11 Å². The van der Waals surface area contributed by atoms with Crippen LogP contribution in [-0.2, 0) is 0 Å². The Morgan fingerprint density at radius 3 is 2.48 bits per heavy atom. The number of hydrogen-bond donors (Lipinski definition) is 2. The van der Waals surface area contributed by atoms with E-state index in [1.54, 1.807) is 19.2 Å². The van der Waals surface area contributed by atoms with Gasteiger partial charge < -0.3 is 15.2 Å². The number of aromatic hydroxyl groups is 1. The number of rotatable bonds is 6. The van der Waals surface area contributed by atoms with Crippen molar-refractivity contribution in [1.82, 2.24) is 5.32 Å². The van der Waals surface area contributed by atoms with Crippen LogP contribution in [0.15, 0.2) is 48.5 Å². The molecule has 0 aliphatic heterocycles. The number of benzene rings is 2. The Hall–Kier alpha value is -2.00. The fraction of sp³-hybridized carbons (Fsp3) is 0.333. The SMILES string of the molecule is COc1ccc(O)c(C(C)NCC(C)c2ccccc2)c1. The first-order valence-electron chi connectivity index (χ1n) is 7.27. The van der Waals surface area contributed by atoms with E-state index in [9.17, 15) is 5.11 Å². The van der Waals surface area contributed by atoms with Crippen molar-refractivity contribution in [3.63, 3.8) is 0 Å². The van der Waals surface area contributed by atoms with Crippen LogP contribution in [0, 0.1) is 0 Å². The van der Waals surface area contributed by atoms with Crippen LogP contribution < -0.4 is 10.1 Å². The number of ether oxygens (including phenoxy) is 1. The Bertz CT molecular complexity index is 569. The molecular weight excluding hydrogens is 262 g/mol. The first-order valence-corrected chi connectivity index (χ1v) is 7.27. The molecule has 2 unspecified atom stereocenters. The summed E-state index contributed by atoms with van der Waals surface area (Å²) in [7, 11) is 1.63. The maximum atomic E-state index is 9.99. The first-order chi connectivity index (χ1) is 10.1. The highest BCUT2D eigenvalue weighted by Gasteiger charge is 2.13. The zero-order valence-electron chi connectivity index (χ0n) is 12.8. The van der Waals surface area contributed by atoms with Gasteiger partial charge in [-0.05, 0) is 36.6 Å². The molecule has 112 valence electrons. The molecule has 0 aliphatic carbocycles. The van der Waals surface area contributed by atoms with Crippen molar-refractivity contribution in [3.05, 3.63) is 59.7 Å². The number of nitrogens with one attached hydrogen (secondary N) is 1. The third-order valence-electron chi connectivity index (χ3n) is 3.80. The maximum Gasteiger partial charge on any atom is 0.120 e. The number of methoxy groups -OCH3 is 1. The van der Waals surface area contributed by atoms with E-state index in [4.69, 9.17) is 4.74 Å². The van der Waals surface area contributed by atoms with E-state index in [0.29, 0.717) is 11.7 Å². The van der Waals surface area contributed by atoms with Crippen LogP contribution in [0.2, 0.25) is 0 Å². The normalized spacial score (nSPS) is 13.7. The van der Waals surface area contributed by atoms with Gasteiger partial charge in [0, 0.05) is 18.2 Å². The van der Waals surface area contributed by atoms with Crippen molar-refractivity contribution in [2.24, 2.45) is 0 Å². The summed E-state index contributed by atoms with van der Waals surface area (Å²) in [5.41, 5.74) is 2.17. The highest BCUT2D eigenvalue weighted by Crippen LogP contribution is 2.28. The molecule has 0 fully saturated rings. The molecule has 2 rings (SSSR count). The molecule has 2 N–H and O–H groups in total. The van der Waals surface area contributed by atoms with Crippen molar-refractivity contribution < 1.29 is 9.84 Å². The lowest BCUT2D eigenvalue weighted by Crippen LogP contribution is -2.23. The minimum Gasteiger partial charge on any atom is -0.508 e. The average molecular weight is 285 g/mol. The van der Waals surface area contributed by atoms with E-state index in [2.05, 4.69) is 36.5 Å². The zero-order chi connectivity index (χ0) is 15.2. The van der Waals surface area contributed by atoms with Crippen LogP contribution in [0.5, 0.6) is 11.5 Å². The minimum atomic E-state index is 0.0614. The molecular formula is C18H23NO2. The fourth-order valence-corrected chi connectivity index (χ4v) is 2.37. The fourth-order valence-electron chi connectivity index (χ4n) is 2.37. The van der Waals surface area contributed by atoms with Crippen LogP contribution in [0.3, 0.4) is 0 Å². The summed E-state index contributed by atoms with van der Waals surface area (Å²) in [6.45, 7) is 5.09. The van der Waals surface area contributed by atoms with Gasteiger partial charge in [-0.3, -0.25) is 0 Å². The predicted molar refractivity (Wildman–Crippen MR) is 85.9 cm³/mol. The van der Waals surface area contributed by atoms with Crippen LogP contribution >= 0.6 is 0 Å². The molecule has 3 nitrogen and oxygen atoms in total. The van der Waals surface area contributed by atoms with Crippen LogP contribution in [0.4, 0.5) is 0 Å². The third-order valence-corrected chi connectivity index (χ3v) is 3.80. The van der Waals surface area contributed by atoms with Gasteiger partial charge in [0.25, 0.3) is 0 Å². The Labute approximate surface area is 126 Å². The Morgan fingerprint density at radius 2 is 1.81 bits per heavy atom. The lowest BCUT2D eigenvalue weighted by molar-refractivity contribution is 0.407. The van der Waals surface area contributed by atoms with E-state index in [1.165, 1.54) is 5.56 Å². The summed E-state index contributed by atoms with van der Waals surface area (Å²) in [5, 5.41) is 13.5. The van der Waals surface area contributed by atoms with Crippen molar-refractivity contribution in [2.45, 2.75) is 25.8 Å². The molecule has 0 bridgehead atoms. The molecule has 3 heteroatoms. The van der Waals surface area contributed by atoms with Crippen molar-refractivity contribution in [3.8, 4) is 11.5 Å². The van der Waals surface area contributed by atoms with Crippen molar-refractivity contribution in [1.29, 1.82) is 0 Å². The second-order valence-corrected chi connectivity index (χ2v) is 5.37. The summed E-state index contributed by atoms with van der Waals surface area (Å²) in [4.78, 5) is 0. The largest absolute Gasteiger partial charge is 0.508 e. The van der Waals surface area contributed by atoms with Gasteiger partial charge in [0.15, 0.2) is 0 Å². The molecule has 0 heterocycles. The lowest BCUT2D eigenvalue weighted by atomic mass is 10.00. The summed E-state index contributed by atoms with van der Waals surface area (Å²) in [6.07, 6.45) is 0. The summed E-state index contributed by atoms with van der Waals surface area (Å²) < 4.78 is 5.22. The lowest BCUT2D eigenvalue weighted by Gasteiger charge is -2.19. The van der Waals surface area contributed by atoms with Crippen molar-refractivity contribution in [2.75, 3.05) is 13.7 Å². The number of phenolic OH excluding ortho intramolecular Hbond substituents is 1. The molecule has 0 spiro atoms. The standard InChI is InChI=1S/C18H23NO2/c1-13(15-7-5-4-6-8-15)12-19-14(2)17-11-16(21-3)9-10-18(17)20/h4-11,13-14,19-20H,12H2,1-3H3. The molecule has 2 atom stereocenters. The van der Waals surface area contributed by atoms with Crippen molar-refractivity contribution >= 4 is 0 Å². The Balaban J connectivity index is 2.00. The molecule has 2 aromatic rings. The van der Waals surface area contributed by atoms with Crippen LogP contribution in [-0.4, -0.2) is 18.8 Å². The molecule has 0 amide bonds. The van der Waals surface area contributed by atoms with Gasteiger partial charge in [0.1, 0.15) is 11.5 Å². The second kappa shape index (κ2) is 7.14. The maximum absolute atomic E-state index is 9.99. The van der Waals surface area contributed by atoms with E-state index in [1.807, 2.05) is 19.1 Å². The second-order valence-electron chi connectivity index (χ2n) is 5.37. The zero-order valence-corrected chi connectivity index (χ0v) is 12.8. The van der Waals surface area contributed by atoms with Gasteiger partial charge >= 0.3 is 0 Å². The highest BCUT2D eigenvalue weighted by molar-refractivity contribution is 5.41. The highest BCUT2D eigenvalue weighted by atomic mass is 16.5. The van der Waals surface area contributed by atoms with Gasteiger partial charge in [-0.15, -0.1) is 0 Å². The third kappa shape index (κ3) is 3.99. The quantitative estimate of drug-likeness (QED) is 0.847. The summed E-state index contributed by atoms with van der Waals surface area (Å²) >= 11 is 0. The smallest absolute Gasteiger partial charge is 0.120 e. The molecule has 0 radical (unpaired) electrons. The first kappa shape index (κ1) is 15.4. The van der Waals surface area contributed by atoms with Gasteiger partial charge in [-0.25, -0.2) is 0 Å². The van der Waals surface area contributed by atoms with E-state index in [-0.39, 0.29) is 6.04 Å². The van der Waals surface area contributed by atoms with Gasteiger partial charge in [-0.1, -0.05) is 37.3 Å². The topological polar surface area (TPSA) is 41.5 Å². The molecule has 21 heavy (non-hydrogen) atoms. The molecule has 0 saturated carbocycles. The van der Waals surface area contributed by atoms with E-state index in [0.717, 1.165) is 17.9 Å². The molecule has 2 aromatic carbocycles. The van der Waals surface area contributed by atoms with Crippen LogP contribution in [0.25, 0.3) is 0 Å². The van der Waals surface area contributed by atoms with Gasteiger partial charge in [-0.2, -0.15) is 0 Å². The predicted octanol–water partition coefficient (Wildman–Crippen LogP) is 3.86. The molecule has 0 saturated heterocycles. The van der Waals surface area contributed by atoms with E-state index < -0.39 is 0 Å². The number of phenols is 1. The molecule has 0 aromatic heterocycles. The minimum absolute atomic E-state index is 0.0614. The van der Waals surface area contributed by atoms with Gasteiger partial charge in [0.2, 0.25) is 0 Å². The summed E-state index contributed by atoms with van der Waals surface area (Å²) in [6, 6.07) is 15.8. The van der Waals surface area contributed by atoms with Crippen LogP contribution in [0.1, 0.15) is 36.9 Å². The Morgan fingerprint density at radius 1 is 1.10 bits per heavy atom. The van der Waals surface area contributed by atoms with E-state index >= 15 is 0 Å². The monoisotopic (exact) mass is 285 g/mol. The Kier molecular flexibility index (Phi) is 5.23.